The third-order valence-corrected chi connectivity index (χ3v) is 4.49. The second-order valence-corrected chi connectivity index (χ2v) is 5.80. The summed E-state index contributed by atoms with van der Waals surface area (Å²) in [5.74, 6) is 1.58. The van der Waals surface area contributed by atoms with E-state index in [1.807, 2.05) is 13.0 Å². The molecule has 18 heavy (non-hydrogen) atoms. The maximum absolute atomic E-state index is 5.42. The van der Waals surface area contributed by atoms with Gasteiger partial charge in [-0.1, -0.05) is 28.8 Å². The summed E-state index contributed by atoms with van der Waals surface area (Å²) in [7, 11) is 2.10. The number of aromatic nitrogens is 2. The smallest absolute Gasteiger partial charge is 0.218 e. The van der Waals surface area contributed by atoms with Crippen molar-refractivity contribution in [3.63, 3.8) is 0 Å². The molecule has 0 N–H and O–H groups in total. The van der Waals surface area contributed by atoms with E-state index in [2.05, 4.69) is 37.8 Å². The molecule has 100 valence electrons. The van der Waals surface area contributed by atoms with E-state index >= 15 is 0 Å². The van der Waals surface area contributed by atoms with Crippen LogP contribution in [0.25, 0.3) is 0 Å². The summed E-state index contributed by atoms with van der Waals surface area (Å²) >= 11 is 3.79. The number of nitrogens with zero attached hydrogens (tertiary/aromatic N) is 3. The van der Waals surface area contributed by atoms with Crippen molar-refractivity contribution in [2.45, 2.75) is 43.5 Å². The van der Waals surface area contributed by atoms with Crippen LogP contribution in [-0.2, 0) is 0 Å². The standard InChI is InChI=1S/C13H20BrN3O/c1-3-18-13-8-12(15-9-16-13)17(2)11-7-5-4-6-10(11)14/h8-11H,3-7H2,1-2H3. The number of anilines is 1. The average Bonchev–Trinajstić information content (AvgIpc) is 2.39. The number of halogens is 1. The molecule has 1 aliphatic rings. The van der Waals surface area contributed by atoms with Crippen LogP contribution in [0.15, 0.2) is 12.4 Å². The van der Waals surface area contributed by atoms with Gasteiger partial charge in [0.25, 0.3) is 0 Å². The molecule has 0 saturated heterocycles. The van der Waals surface area contributed by atoms with E-state index in [9.17, 15) is 0 Å². The molecular formula is C13H20BrN3O. The second-order valence-electron chi connectivity index (χ2n) is 4.63. The molecule has 1 aliphatic carbocycles. The van der Waals surface area contributed by atoms with Gasteiger partial charge in [0.15, 0.2) is 0 Å². The van der Waals surface area contributed by atoms with Crippen molar-refractivity contribution in [2.75, 3.05) is 18.6 Å². The SMILES string of the molecule is CCOc1cc(N(C)C2CCCCC2Br)ncn1. The van der Waals surface area contributed by atoms with Crippen molar-refractivity contribution >= 4 is 21.7 Å². The molecule has 0 spiro atoms. The van der Waals surface area contributed by atoms with Crippen molar-refractivity contribution in [1.29, 1.82) is 0 Å². The van der Waals surface area contributed by atoms with Crippen LogP contribution in [0.3, 0.4) is 0 Å². The van der Waals surface area contributed by atoms with Gasteiger partial charge in [0.05, 0.1) is 6.61 Å². The summed E-state index contributed by atoms with van der Waals surface area (Å²) in [5, 5.41) is 0. The lowest BCUT2D eigenvalue weighted by atomic mass is 9.94. The number of hydrogen-bond donors (Lipinski definition) is 0. The van der Waals surface area contributed by atoms with Gasteiger partial charge in [0.2, 0.25) is 5.88 Å². The molecule has 4 nitrogen and oxygen atoms in total. The number of alkyl halides is 1. The molecule has 1 fully saturated rings. The highest BCUT2D eigenvalue weighted by atomic mass is 79.9. The van der Waals surface area contributed by atoms with Gasteiger partial charge in [-0.05, 0) is 19.8 Å². The first-order valence-electron chi connectivity index (χ1n) is 6.54. The third-order valence-electron chi connectivity index (χ3n) is 3.43. The Morgan fingerprint density at radius 3 is 2.89 bits per heavy atom. The minimum absolute atomic E-state index is 0.503. The molecule has 1 saturated carbocycles. The normalized spacial score (nSPS) is 23.7. The van der Waals surface area contributed by atoms with Crippen LogP contribution in [0, 0.1) is 0 Å². The monoisotopic (exact) mass is 313 g/mol. The summed E-state index contributed by atoms with van der Waals surface area (Å²) in [4.78, 5) is 11.2. The molecule has 2 rings (SSSR count). The lowest BCUT2D eigenvalue weighted by Crippen LogP contribution is -2.41. The van der Waals surface area contributed by atoms with E-state index in [1.54, 1.807) is 6.33 Å². The van der Waals surface area contributed by atoms with Gasteiger partial charge in [-0.2, -0.15) is 0 Å². The van der Waals surface area contributed by atoms with Gasteiger partial charge >= 0.3 is 0 Å². The summed E-state index contributed by atoms with van der Waals surface area (Å²) in [5.41, 5.74) is 0. The topological polar surface area (TPSA) is 38.2 Å². The molecule has 0 aromatic carbocycles. The Hall–Kier alpha value is -0.840. The van der Waals surface area contributed by atoms with E-state index in [0.29, 0.717) is 23.4 Å². The molecule has 0 aliphatic heterocycles. The Bertz CT molecular complexity index is 388. The molecule has 1 aromatic rings. The zero-order chi connectivity index (χ0) is 13.0. The maximum atomic E-state index is 5.42. The second kappa shape index (κ2) is 6.36. The largest absolute Gasteiger partial charge is 0.478 e. The van der Waals surface area contributed by atoms with E-state index < -0.39 is 0 Å². The highest BCUT2D eigenvalue weighted by Crippen LogP contribution is 2.30. The Balaban J connectivity index is 2.11. The lowest BCUT2D eigenvalue weighted by Gasteiger charge is -2.35. The zero-order valence-corrected chi connectivity index (χ0v) is 12.6. The molecule has 2 atom stereocenters. The fourth-order valence-corrected chi connectivity index (χ4v) is 3.36. The van der Waals surface area contributed by atoms with Crippen LogP contribution < -0.4 is 9.64 Å². The molecule has 5 heteroatoms. The minimum Gasteiger partial charge on any atom is -0.478 e. The Kier molecular flexibility index (Phi) is 4.80. The predicted molar refractivity (Wildman–Crippen MR) is 76.6 cm³/mol. The first-order valence-corrected chi connectivity index (χ1v) is 7.45. The molecule has 1 aromatic heterocycles. The van der Waals surface area contributed by atoms with Crippen LogP contribution in [-0.4, -0.2) is 34.5 Å². The fraction of sp³-hybridized carbons (Fsp3) is 0.692. The van der Waals surface area contributed by atoms with Crippen molar-refractivity contribution in [2.24, 2.45) is 0 Å². The average molecular weight is 314 g/mol. The molecule has 0 amide bonds. The van der Waals surface area contributed by atoms with Crippen LogP contribution in [0.5, 0.6) is 5.88 Å². The van der Waals surface area contributed by atoms with E-state index in [0.717, 1.165) is 5.82 Å². The molecular weight excluding hydrogens is 294 g/mol. The molecule has 0 radical (unpaired) electrons. The highest BCUT2D eigenvalue weighted by Gasteiger charge is 2.27. The quantitative estimate of drug-likeness (QED) is 0.801. The predicted octanol–water partition coefficient (Wildman–Crippen LogP) is 3.02. The van der Waals surface area contributed by atoms with E-state index in [4.69, 9.17) is 4.74 Å². The van der Waals surface area contributed by atoms with E-state index in [-0.39, 0.29) is 0 Å². The Morgan fingerprint density at radius 1 is 1.39 bits per heavy atom. The van der Waals surface area contributed by atoms with Gasteiger partial charge in [0.1, 0.15) is 12.1 Å². The van der Waals surface area contributed by atoms with E-state index in [1.165, 1.54) is 25.7 Å². The first-order chi connectivity index (χ1) is 8.72. The lowest BCUT2D eigenvalue weighted by molar-refractivity contribution is 0.326. The van der Waals surface area contributed by atoms with Crippen molar-refractivity contribution in [3.05, 3.63) is 12.4 Å². The van der Waals surface area contributed by atoms with Gasteiger partial charge in [-0.25, -0.2) is 9.97 Å². The highest BCUT2D eigenvalue weighted by molar-refractivity contribution is 9.09. The number of ether oxygens (including phenoxy) is 1. The van der Waals surface area contributed by atoms with Crippen molar-refractivity contribution < 1.29 is 4.74 Å². The van der Waals surface area contributed by atoms with Crippen LogP contribution in [0.1, 0.15) is 32.6 Å². The number of hydrogen-bond acceptors (Lipinski definition) is 4. The molecule has 0 bridgehead atoms. The van der Waals surface area contributed by atoms with Gasteiger partial charge in [-0.15, -0.1) is 0 Å². The fourth-order valence-electron chi connectivity index (χ4n) is 2.42. The van der Waals surface area contributed by atoms with Crippen LogP contribution in [0.4, 0.5) is 5.82 Å². The zero-order valence-electron chi connectivity index (χ0n) is 11.0. The van der Waals surface area contributed by atoms with Crippen molar-refractivity contribution in [3.8, 4) is 5.88 Å². The summed E-state index contributed by atoms with van der Waals surface area (Å²) < 4.78 is 5.42. The van der Waals surface area contributed by atoms with Gasteiger partial charge in [-0.3, -0.25) is 0 Å². The first kappa shape index (κ1) is 13.6. The summed E-state index contributed by atoms with van der Waals surface area (Å²) in [6.07, 6.45) is 6.62. The Labute approximate surface area is 117 Å². The Morgan fingerprint density at radius 2 is 2.17 bits per heavy atom. The van der Waals surface area contributed by atoms with Gasteiger partial charge < -0.3 is 9.64 Å². The van der Waals surface area contributed by atoms with Crippen LogP contribution in [0.2, 0.25) is 0 Å². The van der Waals surface area contributed by atoms with Crippen LogP contribution >= 0.6 is 15.9 Å². The maximum Gasteiger partial charge on any atom is 0.218 e. The molecule has 1 heterocycles. The summed E-state index contributed by atoms with van der Waals surface area (Å²) in [6, 6.07) is 2.42. The van der Waals surface area contributed by atoms with Crippen molar-refractivity contribution in [1.82, 2.24) is 9.97 Å². The minimum atomic E-state index is 0.503. The molecule has 2 unspecified atom stereocenters. The third kappa shape index (κ3) is 3.13. The number of rotatable bonds is 4. The summed E-state index contributed by atoms with van der Waals surface area (Å²) in [6.45, 7) is 2.59. The van der Waals surface area contributed by atoms with Gasteiger partial charge in [0, 0.05) is 24.0 Å².